The van der Waals surface area contributed by atoms with Gasteiger partial charge >= 0.3 is 0 Å². The van der Waals surface area contributed by atoms with E-state index >= 15 is 0 Å². The van der Waals surface area contributed by atoms with Crippen molar-refractivity contribution in [2.75, 3.05) is 13.1 Å². The zero-order valence-electron chi connectivity index (χ0n) is 9.02. The lowest BCUT2D eigenvalue weighted by molar-refractivity contribution is 0.0731. The van der Waals surface area contributed by atoms with E-state index in [9.17, 15) is 4.79 Å². The van der Waals surface area contributed by atoms with Gasteiger partial charge in [0.1, 0.15) is 5.69 Å². The summed E-state index contributed by atoms with van der Waals surface area (Å²) >= 11 is 0. The molecule has 2 N–H and O–H groups in total. The van der Waals surface area contributed by atoms with Gasteiger partial charge in [-0.25, -0.2) is 0 Å². The topological polar surface area (TPSA) is 51.3 Å². The SMILES string of the molecule is Cn1cccc1C(=O)N1CCCC1CN. The van der Waals surface area contributed by atoms with Crippen LogP contribution in [0.15, 0.2) is 18.3 Å². The van der Waals surface area contributed by atoms with Crippen molar-refractivity contribution in [3.8, 4) is 0 Å². The molecule has 2 rings (SSSR count). The van der Waals surface area contributed by atoms with E-state index in [4.69, 9.17) is 5.73 Å². The average Bonchev–Trinajstić information content (AvgIpc) is 2.84. The molecule has 0 aliphatic carbocycles. The van der Waals surface area contributed by atoms with Crippen LogP contribution in [-0.4, -0.2) is 34.5 Å². The number of hydrogen-bond acceptors (Lipinski definition) is 2. The van der Waals surface area contributed by atoms with Crippen LogP contribution < -0.4 is 5.73 Å². The van der Waals surface area contributed by atoms with Crippen LogP contribution in [0.25, 0.3) is 0 Å². The summed E-state index contributed by atoms with van der Waals surface area (Å²) in [6.45, 7) is 1.40. The number of aryl methyl sites for hydroxylation is 1. The maximum absolute atomic E-state index is 12.1. The van der Waals surface area contributed by atoms with Crippen LogP contribution in [0.2, 0.25) is 0 Å². The van der Waals surface area contributed by atoms with Crippen molar-refractivity contribution in [2.24, 2.45) is 12.8 Å². The van der Waals surface area contributed by atoms with Gasteiger partial charge in [-0.2, -0.15) is 0 Å². The maximum atomic E-state index is 12.1. The van der Waals surface area contributed by atoms with Crippen molar-refractivity contribution < 1.29 is 4.79 Å². The van der Waals surface area contributed by atoms with E-state index in [1.165, 1.54) is 0 Å². The van der Waals surface area contributed by atoms with Gasteiger partial charge < -0.3 is 15.2 Å². The van der Waals surface area contributed by atoms with E-state index in [2.05, 4.69) is 0 Å². The van der Waals surface area contributed by atoms with Crippen LogP contribution in [0.5, 0.6) is 0 Å². The summed E-state index contributed by atoms with van der Waals surface area (Å²) in [4.78, 5) is 14.0. The molecule has 0 radical (unpaired) electrons. The van der Waals surface area contributed by atoms with E-state index in [1.54, 1.807) is 0 Å². The van der Waals surface area contributed by atoms with Gasteiger partial charge in [0.15, 0.2) is 0 Å². The molecule has 1 amide bonds. The predicted molar refractivity (Wildman–Crippen MR) is 58.5 cm³/mol. The highest BCUT2D eigenvalue weighted by atomic mass is 16.2. The lowest BCUT2D eigenvalue weighted by Crippen LogP contribution is -2.40. The number of carbonyl (C=O) groups excluding carboxylic acids is 1. The number of hydrogen-bond donors (Lipinski definition) is 1. The summed E-state index contributed by atoms with van der Waals surface area (Å²) in [6.07, 6.45) is 3.99. The minimum absolute atomic E-state index is 0.107. The second kappa shape index (κ2) is 4.06. The minimum atomic E-state index is 0.107. The van der Waals surface area contributed by atoms with E-state index < -0.39 is 0 Å². The maximum Gasteiger partial charge on any atom is 0.270 e. The second-order valence-corrected chi connectivity index (χ2v) is 4.03. The monoisotopic (exact) mass is 207 g/mol. The van der Waals surface area contributed by atoms with E-state index in [0.29, 0.717) is 6.54 Å². The van der Waals surface area contributed by atoms with Crippen molar-refractivity contribution in [1.82, 2.24) is 9.47 Å². The molecule has 1 aliphatic rings. The molecule has 0 spiro atoms. The van der Waals surface area contributed by atoms with Crippen molar-refractivity contribution in [1.29, 1.82) is 0 Å². The molecule has 1 saturated heterocycles. The van der Waals surface area contributed by atoms with Crippen LogP contribution in [0.4, 0.5) is 0 Å². The molecule has 1 unspecified atom stereocenters. The Kier molecular flexibility index (Phi) is 2.77. The van der Waals surface area contributed by atoms with Gasteiger partial charge in [-0.3, -0.25) is 4.79 Å². The molecular formula is C11H17N3O. The molecular weight excluding hydrogens is 190 g/mol. The van der Waals surface area contributed by atoms with Gasteiger partial charge in [-0.1, -0.05) is 0 Å². The molecule has 82 valence electrons. The van der Waals surface area contributed by atoms with E-state index in [0.717, 1.165) is 25.1 Å². The van der Waals surface area contributed by atoms with Gasteiger partial charge in [0.25, 0.3) is 5.91 Å². The van der Waals surface area contributed by atoms with Crippen LogP contribution >= 0.6 is 0 Å². The molecule has 0 saturated carbocycles. The Morgan fingerprint density at radius 1 is 1.67 bits per heavy atom. The number of likely N-dealkylation sites (tertiary alicyclic amines) is 1. The second-order valence-electron chi connectivity index (χ2n) is 4.03. The Balaban J connectivity index is 2.18. The zero-order valence-corrected chi connectivity index (χ0v) is 9.02. The lowest BCUT2D eigenvalue weighted by Gasteiger charge is -2.23. The van der Waals surface area contributed by atoms with Crippen LogP contribution in [0.1, 0.15) is 23.3 Å². The summed E-state index contributed by atoms with van der Waals surface area (Å²) in [5, 5.41) is 0. The van der Waals surface area contributed by atoms with Crippen LogP contribution in [-0.2, 0) is 7.05 Å². The average molecular weight is 207 g/mol. The molecule has 15 heavy (non-hydrogen) atoms. The highest BCUT2D eigenvalue weighted by Gasteiger charge is 2.29. The Labute approximate surface area is 89.7 Å². The third-order valence-electron chi connectivity index (χ3n) is 3.07. The minimum Gasteiger partial charge on any atom is -0.347 e. The summed E-state index contributed by atoms with van der Waals surface area (Å²) < 4.78 is 1.86. The molecule has 1 aromatic rings. The zero-order chi connectivity index (χ0) is 10.8. The highest BCUT2D eigenvalue weighted by molar-refractivity contribution is 5.93. The number of carbonyl (C=O) groups is 1. The summed E-state index contributed by atoms with van der Waals surface area (Å²) in [6, 6.07) is 3.97. The smallest absolute Gasteiger partial charge is 0.270 e. The quantitative estimate of drug-likeness (QED) is 0.771. The fraction of sp³-hybridized carbons (Fsp3) is 0.545. The Hall–Kier alpha value is -1.29. The largest absolute Gasteiger partial charge is 0.347 e. The van der Waals surface area contributed by atoms with Crippen LogP contribution in [0.3, 0.4) is 0 Å². The number of amides is 1. The standard InChI is InChI=1S/C11H17N3O/c1-13-6-3-5-10(13)11(15)14-7-2-4-9(14)8-12/h3,5-6,9H,2,4,7-8,12H2,1H3. The molecule has 1 aliphatic heterocycles. The third kappa shape index (κ3) is 1.77. The first-order chi connectivity index (χ1) is 7.24. The highest BCUT2D eigenvalue weighted by Crippen LogP contribution is 2.19. The summed E-state index contributed by atoms with van der Waals surface area (Å²) in [7, 11) is 1.89. The van der Waals surface area contributed by atoms with Crippen molar-refractivity contribution in [2.45, 2.75) is 18.9 Å². The van der Waals surface area contributed by atoms with Gasteiger partial charge in [-0.05, 0) is 25.0 Å². The number of rotatable bonds is 2. The first-order valence-corrected chi connectivity index (χ1v) is 5.36. The molecule has 2 heterocycles. The molecule has 0 aromatic carbocycles. The number of nitrogens with two attached hydrogens (primary N) is 1. The molecule has 1 fully saturated rings. The fourth-order valence-corrected chi connectivity index (χ4v) is 2.18. The van der Waals surface area contributed by atoms with E-state index in [-0.39, 0.29) is 11.9 Å². The lowest BCUT2D eigenvalue weighted by atomic mass is 10.2. The summed E-state index contributed by atoms with van der Waals surface area (Å²) in [5.41, 5.74) is 6.40. The predicted octanol–water partition coefficient (Wildman–Crippen LogP) is 0.588. The third-order valence-corrected chi connectivity index (χ3v) is 3.07. The Morgan fingerprint density at radius 3 is 3.07 bits per heavy atom. The van der Waals surface area contributed by atoms with Gasteiger partial charge in [0.05, 0.1) is 0 Å². The molecule has 4 nitrogen and oxygen atoms in total. The Bertz CT molecular complexity index is 358. The number of nitrogens with zero attached hydrogens (tertiary/aromatic N) is 2. The van der Waals surface area contributed by atoms with E-state index in [1.807, 2.05) is 34.8 Å². The number of aromatic nitrogens is 1. The summed E-state index contributed by atoms with van der Waals surface area (Å²) in [5.74, 6) is 0.107. The van der Waals surface area contributed by atoms with Crippen molar-refractivity contribution in [3.05, 3.63) is 24.0 Å². The first kappa shape index (κ1) is 10.2. The normalized spacial score (nSPS) is 20.9. The molecule has 4 heteroatoms. The molecule has 1 atom stereocenters. The van der Waals surface area contributed by atoms with Crippen molar-refractivity contribution in [3.63, 3.8) is 0 Å². The van der Waals surface area contributed by atoms with Crippen molar-refractivity contribution >= 4 is 5.91 Å². The van der Waals surface area contributed by atoms with Gasteiger partial charge in [0, 0.05) is 32.4 Å². The fourth-order valence-electron chi connectivity index (χ4n) is 2.18. The van der Waals surface area contributed by atoms with Gasteiger partial charge in [0.2, 0.25) is 0 Å². The molecule has 1 aromatic heterocycles. The molecule has 0 bridgehead atoms. The Morgan fingerprint density at radius 2 is 2.47 bits per heavy atom. The van der Waals surface area contributed by atoms with Gasteiger partial charge in [-0.15, -0.1) is 0 Å². The first-order valence-electron chi connectivity index (χ1n) is 5.36. The van der Waals surface area contributed by atoms with Crippen LogP contribution in [0, 0.1) is 0 Å².